The summed E-state index contributed by atoms with van der Waals surface area (Å²) in [5, 5.41) is 51.6. The third-order valence-electron chi connectivity index (χ3n) is 14.9. The van der Waals surface area contributed by atoms with Crippen LogP contribution in [0.1, 0.15) is 122 Å². The molecule has 19 nitrogen and oxygen atoms in total. The fraction of sp³-hybridized carbons (Fsp3) is 0.508. The van der Waals surface area contributed by atoms with E-state index < -0.39 is 66.4 Å². The number of quaternary nitrogens is 1. The first-order valence-electron chi connectivity index (χ1n) is 27.8. The van der Waals surface area contributed by atoms with Crippen molar-refractivity contribution in [3.63, 3.8) is 0 Å². The van der Waals surface area contributed by atoms with Gasteiger partial charge < -0.3 is 79.2 Å². The van der Waals surface area contributed by atoms with Crippen molar-refractivity contribution in [2.75, 3.05) is 26.1 Å². The van der Waals surface area contributed by atoms with E-state index in [1.807, 2.05) is 60.6 Å². The fourth-order valence-electron chi connectivity index (χ4n) is 10.3. The van der Waals surface area contributed by atoms with Gasteiger partial charge >= 0.3 is 12.2 Å². The van der Waals surface area contributed by atoms with Gasteiger partial charge in [-0.2, -0.15) is 0 Å². The molecule has 0 unspecified atom stereocenters. The largest absolute Gasteiger partial charge is 1.00 e. The average molecular weight is 1210 g/mol. The van der Waals surface area contributed by atoms with Gasteiger partial charge in [0.1, 0.15) is 18.0 Å². The number of aromatic hydroxyl groups is 2. The lowest BCUT2D eigenvalue weighted by Gasteiger charge is -2.29. The Hall–Kier alpha value is -6.87. The number of fused-ring (bicyclic) bond motifs is 4. The van der Waals surface area contributed by atoms with Gasteiger partial charge in [-0.05, 0) is 95.3 Å². The summed E-state index contributed by atoms with van der Waals surface area (Å²) in [6.45, 7) is 26.0. The molecule has 0 aromatic heterocycles. The topological polar surface area (TPSA) is 313 Å². The third-order valence-corrected chi connectivity index (χ3v) is 14.9. The number of allylic oxidation sites excluding steroid dienone is 8. The molecule has 1 aromatic rings. The summed E-state index contributed by atoms with van der Waals surface area (Å²) in [7, 11) is 3.05. The number of primary amides is 2. The van der Waals surface area contributed by atoms with Crippen LogP contribution in [0.3, 0.4) is 0 Å². The number of hydrogen-bond acceptors (Lipinski definition) is 14. The Kier molecular flexibility index (Phi) is 34.5. The molecule has 4 rings (SSSR count). The van der Waals surface area contributed by atoms with Crippen molar-refractivity contribution in [1.82, 2.24) is 5.32 Å². The smallest absolute Gasteiger partial charge is 0.405 e. The predicted octanol–water partition coefficient (Wildman–Crippen LogP) is 6.23. The second kappa shape index (κ2) is 37.5. The minimum atomic E-state index is -0.926. The van der Waals surface area contributed by atoms with Crippen LogP contribution in [-0.4, -0.2) is 113 Å². The van der Waals surface area contributed by atoms with Crippen molar-refractivity contribution in [3.05, 3.63) is 131 Å². The maximum absolute atomic E-state index is 13.6. The number of methoxy groups -OCH3 is 2. The van der Waals surface area contributed by atoms with Gasteiger partial charge in [-0.1, -0.05) is 118 Å². The highest BCUT2D eigenvalue weighted by atomic mass is 35.5. The number of rotatable bonds is 10. The number of aliphatic hydroxyl groups is 2. The molecule has 0 saturated carbocycles. The predicted molar refractivity (Wildman–Crippen MR) is 330 cm³/mol. The number of Topliss-reactive ketones (excluding diaryl/α,β-unsaturated/α-hetero) is 1. The second-order valence-corrected chi connectivity index (χ2v) is 21.9. The van der Waals surface area contributed by atoms with Gasteiger partial charge in [-0.15, -0.1) is 6.58 Å². The highest BCUT2D eigenvalue weighted by molar-refractivity contribution is 6.23. The minimum Gasteiger partial charge on any atom is -1.00 e. The quantitative estimate of drug-likeness (QED) is 0.0413. The summed E-state index contributed by atoms with van der Waals surface area (Å²) < 4.78 is 22.2. The lowest BCUT2D eigenvalue weighted by atomic mass is 9.82. The van der Waals surface area contributed by atoms with Gasteiger partial charge in [0.25, 0.3) is 11.8 Å². The Morgan fingerprint density at radius 2 is 1.18 bits per heavy atom. The summed E-state index contributed by atoms with van der Waals surface area (Å²) in [5.41, 5.74) is 14.5. The van der Waals surface area contributed by atoms with E-state index in [-0.39, 0.29) is 97.9 Å². The number of aliphatic hydroxyl groups excluding tert-OH is 2. The van der Waals surface area contributed by atoms with Crippen molar-refractivity contribution in [2.45, 2.75) is 159 Å². The number of ketones is 2. The molecule has 0 spiro atoms. The molecule has 4 bridgehead atoms. The number of phenols is 2. The van der Waals surface area contributed by atoms with E-state index in [4.69, 9.17) is 30.4 Å². The Morgan fingerprint density at radius 3 is 1.61 bits per heavy atom. The van der Waals surface area contributed by atoms with E-state index in [1.165, 1.54) is 26.4 Å². The van der Waals surface area contributed by atoms with Crippen molar-refractivity contribution in [3.8, 4) is 11.5 Å². The van der Waals surface area contributed by atoms with E-state index in [0.29, 0.717) is 83.3 Å². The molecule has 0 radical (unpaired) electrons. The van der Waals surface area contributed by atoms with E-state index >= 15 is 0 Å². The van der Waals surface area contributed by atoms with Gasteiger partial charge in [0, 0.05) is 72.3 Å². The number of ether oxygens (including phenoxy) is 4. The zero-order valence-electron chi connectivity index (χ0n) is 50.2. The van der Waals surface area contributed by atoms with Gasteiger partial charge in [0.2, 0.25) is 5.78 Å². The Labute approximate surface area is 510 Å². The maximum Gasteiger partial charge on any atom is 0.405 e. The number of carbonyl (C=O) groups excluding carboxylic acids is 6. The summed E-state index contributed by atoms with van der Waals surface area (Å²) in [5.74, 6) is -3.52. The van der Waals surface area contributed by atoms with Crippen LogP contribution in [-0.2, 0) is 44.5 Å². The van der Waals surface area contributed by atoms with E-state index in [9.17, 15) is 49.2 Å². The number of halogens is 1. The first-order valence-corrected chi connectivity index (χ1v) is 27.8. The summed E-state index contributed by atoms with van der Waals surface area (Å²) >= 11 is 0. The molecule has 3 aliphatic rings. The highest BCUT2D eigenvalue weighted by Crippen LogP contribution is 2.41. The van der Waals surface area contributed by atoms with Gasteiger partial charge in [0.05, 0.1) is 47.9 Å². The molecule has 0 saturated heterocycles. The van der Waals surface area contributed by atoms with E-state index in [2.05, 4.69) is 23.8 Å². The monoisotopic (exact) mass is 1210 g/mol. The zero-order valence-corrected chi connectivity index (χ0v) is 51.0. The number of nitrogens with one attached hydrogen (secondary N) is 2. The molecule has 4 amide bonds. The van der Waals surface area contributed by atoms with Crippen LogP contribution in [0.15, 0.2) is 125 Å². The van der Waals surface area contributed by atoms with E-state index in [1.54, 1.807) is 74.7 Å². The van der Waals surface area contributed by atoms with Crippen molar-refractivity contribution in [2.24, 2.45) is 47.0 Å². The minimum absolute atomic E-state index is 0. The SMILES string of the molecule is C.C.C=CCCC1=C2C[C@@H](C)C[C@H](OC)[C@H](O)[C@@H](C)/C=C(\C)[C@H](OC(N)=O)[C@@H](C)/C=C\C=C(/C)C(=O)NC(=CC1=O)C2=O.C=CC[NH2+]c1c(O)cc2c(O)c1C[C@@H](C)C[C@H](OC)[C@H](O)[C@@H](C)/C=C(\C)[C@H](OC(N)=O)[C@@H](C)/C=C\C=C(/C)C(=O)N2.[Cl-]. The van der Waals surface area contributed by atoms with Crippen LogP contribution in [0, 0.1) is 35.5 Å². The second-order valence-electron chi connectivity index (χ2n) is 21.9. The molecule has 20 heteroatoms. The fourth-order valence-corrected chi connectivity index (χ4v) is 10.3. The van der Waals surface area contributed by atoms with Crippen LogP contribution >= 0.6 is 0 Å². The molecule has 1 aliphatic carbocycles. The normalized spacial score (nSPS) is 29.9. The van der Waals surface area contributed by atoms with Crippen molar-refractivity contribution in [1.29, 1.82) is 0 Å². The van der Waals surface area contributed by atoms with Gasteiger partial charge in [-0.3, -0.25) is 19.2 Å². The molecule has 474 valence electrons. The standard InChI is InChI=1S/C32H44N2O7.C31H45N3O7.2CH4.ClH/c1-8-9-13-23-24-14-18(2)15-27(40-7)28(36)21(5)16-22(6)30(41-32(33)39)19(3)11-10-12-20(4)31(38)34-25(29(24)37)17-26(23)35;1-8-12-33-26-22-13-17(2)14-25(40-7)27(36)20(5)15-21(6)29(41-31(32)39)18(3)10-9-11-19(4)30(38)34-23(28(22)37)16-24(26)35;;;/h8,10-12,16-19,21,27-28,30,36H,1,9,13-15H2,2-7H3,(H2,33,39)(H,34,38);8-11,15-18,20,25,27,29,33,35-37H,1,12-14H2,2-7H3,(H2,32,39)(H,34,38);2*1H4;1H/b11-10-,20-12+,22-16+;10-9-,19-11+,21-15+;;;/t18-,19+,21+,27+,28-,30-;17-,18+,20+,25+,27-,29-;;;/m11.../s1. The molecular formula is C65H98ClN5O14. The molecular weight excluding hydrogens is 1110 g/mol. The highest BCUT2D eigenvalue weighted by Gasteiger charge is 2.34. The first-order chi connectivity index (χ1) is 38.6. The summed E-state index contributed by atoms with van der Waals surface area (Å²) in [6.07, 6.45) is 14.5. The van der Waals surface area contributed by atoms with Crippen LogP contribution in [0.5, 0.6) is 11.5 Å². The lowest BCUT2D eigenvalue weighted by Crippen LogP contribution is -3.00. The molecule has 2 aliphatic heterocycles. The Balaban J connectivity index is 0.00000160. The third kappa shape index (κ3) is 23.2. The Morgan fingerprint density at radius 1 is 0.718 bits per heavy atom. The molecule has 12 N–H and O–H groups in total. The van der Waals surface area contributed by atoms with E-state index in [0.717, 1.165) is 0 Å². The lowest BCUT2D eigenvalue weighted by molar-refractivity contribution is -0.562. The number of hydrogen-bond donors (Lipinski definition) is 9. The number of amides is 4. The number of benzene rings is 1. The molecule has 12 atom stereocenters. The first kappa shape index (κ1) is 78.1. The number of phenolic OH excluding ortho intramolecular Hbond substituents is 2. The van der Waals surface area contributed by atoms with Crippen LogP contribution in [0.2, 0.25) is 0 Å². The van der Waals surface area contributed by atoms with Crippen LogP contribution < -0.4 is 39.8 Å². The molecule has 0 fully saturated rings. The summed E-state index contributed by atoms with van der Waals surface area (Å²) in [4.78, 5) is 75.9. The zero-order chi connectivity index (χ0) is 61.7. The number of nitrogens with two attached hydrogens (primary N) is 3. The van der Waals surface area contributed by atoms with Gasteiger partial charge in [-0.25, -0.2) is 9.59 Å². The Bertz CT molecular complexity index is 2760. The van der Waals surface area contributed by atoms with Crippen molar-refractivity contribution >= 4 is 46.9 Å². The molecule has 1 aromatic carbocycles. The number of carbonyl (C=O) groups is 6. The molecule has 2 heterocycles. The average Bonchev–Trinajstić information content (AvgIpc) is 2.79. The van der Waals surface area contributed by atoms with Crippen LogP contribution in [0.4, 0.5) is 21.0 Å². The van der Waals surface area contributed by atoms with Crippen molar-refractivity contribution < 1.29 is 85.9 Å². The summed E-state index contributed by atoms with van der Waals surface area (Å²) in [6, 6.07) is 1.33. The van der Waals surface area contributed by atoms with Crippen LogP contribution in [0.25, 0.3) is 0 Å². The maximum atomic E-state index is 13.6. The molecule has 85 heavy (non-hydrogen) atoms. The van der Waals surface area contributed by atoms with Gasteiger partial charge in [0.15, 0.2) is 17.2 Å². The number of anilines is 1.